The maximum Gasteiger partial charge on any atom is 0.262 e. The lowest BCUT2D eigenvalue weighted by molar-refractivity contribution is -0.120. The number of imide groups is 1. The van der Waals surface area contributed by atoms with E-state index in [0.717, 1.165) is 16.0 Å². The van der Waals surface area contributed by atoms with Crippen LogP contribution in [0.1, 0.15) is 52.1 Å². The van der Waals surface area contributed by atoms with E-state index in [1.165, 1.54) is 0 Å². The van der Waals surface area contributed by atoms with Gasteiger partial charge in [0.2, 0.25) is 5.91 Å². The van der Waals surface area contributed by atoms with Gasteiger partial charge in [-0.05, 0) is 61.6 Å². The largest absolute Gasteiger partial charge is 0.324 e. The number of rotatable bonds is 5. The number of benzene rings is 2. The Labute approximate surface area is 159 Å². The molecule has 0 radical (unpaired) electrons. The third-order valence-electron chi connectivity index (χ3n) is 4.91. The lowest BCUT2D eigenvalue weighted by Crippen LogP contribution is -2.47. The SMILES string of the molecule is Cc1ccc(NC(=O)C(CC(C)C)N2C(=O)c3ccccc3C2=O)cc1C. The zero-order valence-electron chi connectivity index (χ0n) is 16.1. The third kappa shape index (κ3) is 3.63. The van der Waals surface area contributed by atoms with Gasteiger partial charge in [0, 0.05) is 5.69 Å². The summed E-state index contributed by atoms with van der Waals surface area (Å²) in [6.45, 7) is 7.91. The average Bonchev–Trinajstić information content (AvgIpc) is 2.87. The molecule has 2 aromatic rings. The van der Waals surface area contributed by atoms with Gasteiger partial charge in [-0.2, -0.15) is 0 Å². The molecule has 5 heteroatoms. The summed E-state index contributed by atoms with van der Waals surface area (Å²) in [6, 6.07) is 11.5. The van der Waals surface area contributed by atoms with Gasteiger partial charge in [0.1, 0.15) is 6.04 Å². The van der Waals surface area contributed by atoms with E-state index in [-0.39, 0.29) is 11.8 Å². The highest BCUT2D eigenvalue weighted by molar-refractivity contribution is 6.23. The topological polar surface area (TPSA) is 66.5 Å². The fourth-order valence-corrected chi connectivity index (χ4v) is 3.31. The second kappa shape index (κ2) is 7.35. The van der Waals surface area contributed by atoms with Gasteiger partial charge in [-0.1, -0.05) is 32.0 Å². The summed E-state index contributed by atoms with van der Waals surface area (Å²) in [5, 5.41) is 2.88. The maximum atomic E-state index is 13.0. The molecule has 27 heavy (non-hydrogen) atoms. The van der Waals surface area contributed by atoms with Crippen molar-refractivity contribution in [2.45, 2.75) is 40.2 Å². The van der Waals surface area contributed by atoms with Crippen LogP contribution in [0.25, 0.3) is 0 Å². The molecule has 140 valence electrons. The average molecular weight is 364 g/mol. The first kappa shape index (κ1) is 18.8. The zero-order chi connectivity index (χ0) is 19.7. The van der Waals surface area contributed by atoms with Crippen molar-refractivity contribution in [3.8, 4) is 0 Å². The Kier molecular flexibility index (Phi) is 5.13. The molecule has 1 heterocycles. The van der Waals surface area contributed by atoms with E-state index >= 15 is 0 Å². The number of hydrogen-bond acceptors (Lipinski definition) is 3. The van der Waals surface area contributed by atoms with Crippen molar-refractivity contribution >= 4 is 23.4 Å². The Morgan fingerprint density at radius 1 is 0.963 bits per heavy atom. The van der Waals surface area contributed by atoms with Crippen molar-refractivity contribution in [2.75, 3.05) is 5.32 Å². The second-order valence-electron chi connectivity index (χ2n) is 7.46. The number of nitrogens with one attached hydrogen (secondary N) is 1. The van der Waals surface area contributed by atoms with E-state index < -0.39 is 17.9 Å². The van der Waals surface area contributed by atoms with Crippen molar-refractivity contribution in [2.24, 2.45) is 5.92 Å². The molecule has 0 aromatic heterocycles. The van der Waals surface area contributed by atoms with E-state index in [9.17, 15) is 14.4 Å². The molecular weight excluding hydrogens is 340 g/mol. The molecule has 1 aliphatic heterocycles. The molecule has 1 unspecified atom stereocenters. The molecule has 1 aliphatic rings. The number of anilines is 1. The Morgan fingerprint density at radius 2 is 1.56 bits per heavy atom. The van der Waals surface area contributed by atoms with Crippen LogP contribution in [0.2, 0.25) is 0 Å². The monoisotopic (exact) mass is 364 g/mol. The van der Waals surface area contributed by atoms with Crippen LogP contribution in [0, 0.1) is 19.8 Å². The second-order valence-corrected chi connectivity index (χ2v) is 7.46. The van der Waals surface area contributed by atoms with Gasteiger partial charge in [0.15, 0.2) is 0 Å². The van der Waals surface area contributed by atoms with Crippen LogP contribution in [-0.2, 0) is 4.79 Å². The normalized spacial score (nSPS) is 14.5. The van der Waals surface area contributed by atoms with Crippen LogP contribution in [0.4, 0.5) is 5.69 Å². The summed E-state index contributed by atoms with van der Waals surface area (Å²) >= 11 is 0. The van der Waals surface area contributed by atoms with Crippen LogP contribution >= 0.6 is 0 Å². The van der Waals surface area contributed by atoms with Gasteiger partial charge in [0.25, 0.3) is 11.8 Å². The van der Waals surface area contributed by atoms with E-state index in [2.05, 4.69) is 5.32 Å². The molecule has 0 saturated heterocycles. The molecule has 3 amide bonds. The van der Waals surface area contributed by atoms with Gasteiger partial charge in [0.05, 0.1) is 11.1 Å². The number of nitrogens with zero attached hydrogens (tertiary/aromatic N) is 1. The van der Waals surface area contributed by atoms with Crippen molar-refractivity contribution in [1.29, 1.82) is 0 Å². The van der Waals surface area contributed by atoms with Gasteiger partial charge in [-0.3, -0.25) is 19.3 Å². The van der Waals surface area contributed by atoms with Gasteiger partial charge in [-0.25, -0.2) is 0 Å². The highest BCUT2D eigenvalue weighted by Gasteiger charge is 2.42. The molecule has 1 N–H and O–H groups in total. The van der Waals surface area contributed by atoms with Gasteiger partial charge < -0.3 is 5.32 Å². The smallest absolute Gasteiger partial charge is 0.262 e. The Morgan fingerprint density at radius 3 is 2.07 bits per heavy atom. The standard InChI is InChI=1S/C22H24N2O3/c1-13(2)11-19(20(25)23-16-10-9-14(3)15(4)12-16)24-21(26)17-7-5-6-8-18(17)22(24)27/h5-10,12-13,19H,11H2,1-4H3,(H,23,25). The maximum absolute atomic E-state index is 13.0. The van der Waals surface area contributed by atoms with Crippen molar-refractivity contribution in [1.82, 2.24) is 4.90 Å². The molecule has 3 rings (SSSR count). The number of carbonyl (C=O) groups is 3. The van der Waals surface area contributed by atoms with Crippen LogP contribution in [0.15, 0.2) is 42.5 Å². The predicted molar refractivity (Wildman–Crippen MR) is 105 cm³/mol. The Bertz CT molecular complexity index is 883. The zero-order valence-corrected chi connectivity index (χ0v) is 16.1. The van der Waals surface area contributed by atoms with Crippen LogP contribution < -0.4 is 5.32 Å². The van der Waals surface area contributed by atoms with E-state index in [0.29, 0.717) is 23.2 Å². The Hall–Kier alpha value is -2.95. The first-order valence-corrected chi connectivity index (χ1v) is 9.14. The lowest BCUT2D eigenvalue weighted by atomic mass is 10.0. The minimum atomic E-state index is -0.848. The van der Waals surface area contributed by atoms with E-state index in [1.807, 2.05) is 45.9 Å². The minimum Gasteiger partial charge on any atom is -0.324 e. The molecule has 5 nitrogen and oxygen atoms in total. The van der Waals surface area contributed by atoms with Crippen molar-refractivity contribution in [3.05, 3.63) is 64.7 Å². The first-order chi connectivity index (χ1) is 12.8. The summed E-state index contributed by atoms with van der Waals surface area (Å²) in [7, 11) is 0. The molecular formula is C22H24N2O3. The summed E-state index contributed by atoms with van der Waals surface area (Å²) in [5.74, 6) is -1.01. The fraction of sp³-hybridized carbons (Fsp3) is 0.318. The summed E-state index contributed by atoms with van der Waals surface area (Å²) in [4.78, 5) is 39.8. The molecule has 0 aliphatic carbocycles. The third-order valence-corrected chi connectivity index (χ3v) is 4.91. The lowest BCUT2D eigenvalue weighted by Gasteiger charge is -2.27. The number of hydrogen-bond donors (Lipinski definition) is 1. The highest BCUT2D eigenvalue weighted by Crippen LogP contribution is 2.27. The molecule has 0 spiro atoms. The predicted octanol–water partition coefficient (Wildman–Crippen LogP) is 3.95. The molecule has 1 atom stereocenters. The van der Waals surface area contributed by atoms with Gasteiger partial charge in [-0.15, -0.1) is 0 Å². The molecule has 2 aromatic carbocycles. The quantitative estimate of drug-likeness (QED) is 0.817. The highest BCUT2D eigenvalue weighted by atomic mass is 16.2. The van der Waals surface area contributed by atoms with E-state index in [1.54, 1.807) is 24.3 Å². The number of amides is 3. The number of fused-ring (bicyclic) bond motifs is 1. The van der Waals surface area contributed by atoms with Crippen molar-refractivity contribution in [3.63, 3.8) is 0 Å². The van der Waals surface area contributed by atoms with Crippen LogP contribution in [0.3, 0.4) is 0 Å². The van der Waals surface area contributed by atoms with Gasteiger partial charge >= 0.3 is 0 Å². The van der Waals surface area contributed by atoms with Crippen molar-refractivity contribution < 1.29 is 14.4 Å². The molecule has 0 bridgehead atoms. The van der Waals surface area contributed by atoms with Crippen LogP contribution in [-0.4, -0.2) is 28.7 Å². The summed E-state index contributed by atoms with van der Waals surface area (Å²) < 4.78 is 0. The molecule has 0 fully saturated rings. The minimum absolute atomic E-state index is 0.143. The Balaban J connectivity index is 1.90. The fourth-order valence-electron chi connectivity index (χ4n) is 3.31. The van der Waals surface area contributed by atoms with E-state index in [4.69, 9.17) is 0 Å². The first-order valence-electron chi connectivity index (χ1n) is 9.14. The number of aryl methyl sites for hydroxylation is 2. The summed E-state index contributed by atoms with van der Waals surface area (Å²) in [6.07, 6.45) is 0.405. The van der Waals surface area contributed by atoms with Crippen LogP contribution in [0.5, 0.6) is 0 Å². The molecule has 0 saturated carbocycles. The summed E-state index contributed by atoms with van der Waals surface area (Å²) in [5.41, 5.74) is 3.57. The number of carbonyl (C=O) groups excluding carboxylic acids is 3.